The number of fused-ring (bicyclic) bond motifs is 1. The van der Waals surface area contributed by atoms with Gasteiger partial charge >= 0.3 is 0 Å². The van der Waals surface area contributed by atoms with E-state index in [-0.39, 0.29) is 11.8 Å². The number of carbonyl (C=O) groups is 2. The lowest BCUT2D eigenvalue weighted by atomic mass is 10.0. The first-order chi connectivity index (χ1) is 15.7. The smallest absolute Gasteiger partial charge is 0.274 e. The first-order valence-corrected chi connectivity index (χ1v) is 11.0. The molecule has 3 heterocycles. The predicted octanol–water partition coefficient (Wildman–Crippen LogP) is 2.60. The second-order valence-corrected chi connectivity index (χ2v) is 8.16. The summed E-state index contributed by atoms with van der Waals surface area (Å²) >= 11 is 0. The molecule has 1 saturated heterocycles. The van der Waals surface area contributed by atoms with Crippen LogP contribution in [0.4, 0.5) is 0 Å². The first-order valence-electron chi connectivity index (χ1n) is 11.0. The highest BCUT2D eigenvalue weighted by Gasteiger charge is 2.32. The number of ether oxygens (including phenoxy) is 1. The van der Waals surface area contributed by atoms with Gasteiger partial charge in [0.15, 0.2) is 5.69 Å². The molecule has 0 aliphatic carbocycles. The summed E-state index contributed by atoms with van der Waals surface area (Å²) in [6, 6.07) is 19.4. The van der Waals surface area contributed by atoms with Crippen molar-refractivity contribution in [2.24, 2.45) is 0 Å². The summed E-state index contributed by atoms with van der Waals surface area (Å²) < 4.78 is 7.35. The highest BCUT2D eigenvalue weighted by Crippen LogP contribution is 2.26. The van der Waals surface area contributed by atoms with Gasteiger partial charge in [0, 0.05) is 42.9 Å². The highest BCUT2D eigenvalue weighted by molar-refractivity contribution is 5.96. The van der Waals surface area contributed by atoms with Gasteiger partial charge in [0.2, 0.25) is 0 Å². The van der Waals surface area contributed by atoms with Gasteiger partial charge in [-0.05, 0) is 17.7 Å². The largest absolute Gasteiger partial charge is 0.378 e. The van der Waals surface area contributed by atoms with Crippen LogP contribution in [0.3, 0.4) is 0 Å². The van der Waals surface area contributed by atoms with E-state index in [1.54, 1.807) is 4.90 Å². The molecule has 0 bridgehead atoms. The Balaban J connectivity index is 1.48. The number of benzene rings is 2. The topological polar surface area (TPSA) is 67.7 Å². The third kappa shape index (κ3) is 4.03. The average Bonchev–Trinajstić information content (AvgIpc) is 3.22. The zero-order chi connectivity index (χ0) is 21.9. The zero-order valence-corrected chi connectivity index (χ0v) is 17.9. The molecule has 0 unspecified atom stereocenters. The van der Waals surface area contributed by atoms with E-state index in [1.165, 1.54) is 0 Å². The van der Waals surface area contributed by atoms with Crippen molar-refractivity contribution < 1.29 is 14.3 Å². The second kappa shape index (κ2) is 8.96. The number of carbonyl (C=O) groups excluding carboxylic acids is 2. The van der Waals surface area contributed by atoms with Crippen LogP contribution in [0.15, 0.2) is 60.7 Å². The number of hydrogen-bond acceptors (Lipinski definition) is 4. The maximum Gasteiger partial charge on any atom is 0.274 e. The summed E-state index contributed by atoms with van der Waals surface area (Å²) in [7, 11) is 0. The predicted molar refractivity (Wildman–Crippen MR) is 119 cm³/mol. The van der Waals surface area contributed by atoms with E-state index < -0.39 is 0 Å². The number of hydrogen-bond donors (Lipinski definition) is 0. The van der Waals surface area contributed by atoms with Crippen LogP contribution in [0.2, 0.25) is 0 Å². The first kappa shape index (κ1) is 20.5. The Kier molecular flexibility index (Phi) is 5.73. The lowest BCUT2D eigenvalue weighted by Crippen LogP contribution is -2.42. The van der Waals surface area contributed by atoms with E-state index >= 15 is 0 Å². The quantitative estimate of drug-likeness (QED) is 0.638. The number of amides is 2. The van der Waals surface area contributed by atoms with Crippen molar-refractivity contribution >= 4 is 11.8 Å². The van der Waals surface area contributed by atoms with E-state index in [4.69, 9.17) is 9.84 Å². The van der Waals surface area contributed by atoms with Crippen LogP contribution in [0, 0.1) is 0 Å². The molecule has 2 amide bonds. The molecule has 0 radical (unpaired) electrons. The lowest BCUT2D eigenvalue weighted by Gasteiger charge is -2.29. The van der Waals surface area contributed by atoms with Crippen molar-refractivity contribution in [3.8, 4) is 0 Å². The molecule has 3 aromatic rings. The minimum absolute atomic E-state index is 0.0168. The fourth-order valence-electron chi connectivity index (χ4n) is 4.40. The molecule has 164 valence electrons. The zero-order valence-electron chi connectivity index (χ0n) is 17.9. The standard InChI is InChI=1S/C25H26N4O3/c30-24(20-9-5-2-6-10-20)28-12-11-22-21(18-28)23(25(31)27-13-15-32-16-14-27)26-29(22)17-19-7-3-1-4-8-19/h1-10H,11-18H2. The number of rotatable bonds is 4. The molecular weight excluding hydrogens is 404 g/mol. The minimum Gasteiger partial charge on any atom is -0.378 e. The van der Waals surface area contributed by atoms with Gasteiger partial charge in [-0.1, -0.05) is 48.5 Å². The Morgan fingerprint density at radius 2 is 1.53 bits per heavy atom. The molecular formula is C25H26N4O3. The highest BCUT2D eigenvalue weighted by atomic mass is 16.5. The fraction of sp³-hybridized carbons (Fsp3) is 0.320. The number of morpholine rings is 1. The van der Waals surface area contributed by atoms with E-state index in [1.807, 2.05) is 58.1 Å². The monoisotopic (exact) mass is 430 g/mol. The lowest BCUT2D eigenvalue weighted by molar-refractivity contribution is 0.0296. The maximum atomic E-state index is 13.4. The van der Waals surface area contributed by atoms with Crippen LogP contribution in [-0.2, 0) is 24.2 Å². The molecule has 1 aromatic heterocycles. The third-order valence-corrected chi connectivity index (χ3v) is 6.12. The van der Waals surface area contributed by atoms with Crippen molar-refractivity contribution in [2.75, 3.05) is 32.8 Å². The molecule has 7 nitrogen and oxygen atoms in total. The summed E-state index contributed by atoms with van der Waals surface area (Å²) in [5.74, 6) is -0.0952. The number of nitrogens with zero attached hydrogens (tertiary/aromatic N) is 4. The van der Waals surface area contributed by atoms with Crippen molar-refractivity contribution in [3.63, 3.8) is 0 Å². The molecule has 5 rings (SSSR count). The van der Waals surface area contributed by atoms with Gasteiger partial charge in [-0.2, -0.15) is 5.10 Å². The van der Waals surface area contributed by atoms with Gasteiger partial charge < -0.3 is 14.5 Å². The summed E-state index contributed by atoms with van der Waals surface area (Å²) in [6.07, 6.45) is 0.671. The molecule has 1 fully saturated rings. The molecule has 0 atom stereocenters. The van der Waals surface area contributed by atoms with Gasteiger partial charge in [0.25, 0.3) is 11.8 Å². The minimum atomic E-state index is -0.0784. The van der Waals surface area contributed by atoms with Crippen LogP contribution in [0.1, 0.15) is 37.7 Å². The van der Waals surface area contributed by atoms with E-state index in [0.717, 1.165) is 16.8 Å². The van der Waals surface area contributed by atoms with Crippen LogP contribution < -0.4 is 0 Å². The summed E-state index contributed by atoms with van der Waals surface area (Å²) in [5, 5.41) is 4.78. The second-order valence-electron chi connectivity index (χ2n) is 8.16. The Bertz CT molecular complexity index is 1100. The van der Waals surface area contributed by atoms with Crippen molar-refractivity contribution in [2.45, 2.75) is 19.5 Å². The van der Waals surface area contributed by atoms with Crippen LogP contribution in [0.5, 0.6) is 0 Å². The van der Waals surface area contributed by atoms with Crippen molar-refractivity contribution in [3.05, 3.63) is 88.7 Å². The Morgan fingerprint density at radius 3 is 2.25 bits per heavy atom. The Hall–Kier alpha value is -3.45. The molecule has 2 aliphatic rings. The normalized spacial score (nSPS) is 16.0. The molecule has 2 aliphatic heterocycles. The van der Waals surface area contributed by atoms with Gasteiger partial charge in [0.1, 0.15) is 0 Å². The fourth-order valence-corrected chi connectivity index (χ4v) is 4.40. The van der Waals surface area contributed by atoms with Crippen LogP contribution in [-0.4, -0.2) is 64.2 Å². The maximum absolute atomic E-state index is 13.4. The van der Waals surface area contributed by atoms with Gasteiger partial charge in [-0.25, -0.2) is 0 Å². The van der Waals surface area contributed by atoms with E-state index in [0.29, 0.717) is 63.6 Å². The number of aromatic nitrogens is 2. The molecule has 0 saturated carbocycles. The molecule has 0 spiro atoms. The van der Waals surface area contributed by atoms with Crippen molar-refractivity contribution in [1.29, 1.82) is 0 Å². The van der Waals surface area contributed by atoms with E-state index in [2.05, 4.69) is 12.1 Å². The Labute approximate surface area is 187 Å². The summed E-state index contributed by atoms with van der Waals surface area (Å²) in [5.41, 5.74) is 4.17. The average molecular weight is 431 g/mol. The Morgan fingerprint density at radius 1 is 0.844 bits per heavy atom. The summed E-state index contributed by atoms with van der Waals surface area (Å²) in [6.45, 7) is 3.80. The molecule has 7 heteroatoms. The third-order valence-electron chi connectivity index (χ3n) is 6.12. The van der Waals surface area contributed by atoms with Crippen LogP contribution >= 0.6 is 0 Å². The van der Waals surface area contributed by atoms with Gasteiger partial charge in [-0.3, -0.25) is 14.3 Å². The van der Waals surface area contributed by atoms with Gasteiger partial charge in [0.05, 0.1) is 26.3 Å². The van der Waals surface area contributed by atoms with E-state index in [9.17, 15) is 9.59 Å². The molecule has 2 aromatic carbocycles. The van der Waals surface area contributed by atoms with Crippen LogP contribution in [0.25, 0.3) is 0 Å². The molecule has 0 N–H and O–H groups in total. The summed E-state index contributed by atoms with van der Waals surface area (Å²) in [4.78, 5) is 30.1. The van der Waals surface area contributed by atoms with Gasteiger partial charge in [-0.15, -0.1) is 0 Å². The molecule has 32 heavy (non-hydrogen) atoms. The SMILES string of the molecule is O=C(c1ccccc1)N1CCc2c(c(C(=O)N3CCOCC3)nn2Cc2ccccc2)C1. The van der Waals surface area contributed by atoms with Crippen molar-refractivity contribution in [1.82, 2.24) is 19.6 Å².